The average Bonchev–Trinajstić information content (AvgIpc) is 3.09. The number of hydrogen-bond donors (Lipinski definition) is 1. The third kappa shape index (κ3) is 3.43. The molecule has 3 aromatic rings. The van der Waals surface area contributed by atoms with Gasteiger partial charge in [0.15, 0.2) is 11.3 Å². The van der Waals surface area contributed by atoms with Crippen LogP contribution in [0.4, 0.5) is 13.2 Å². The number of hydrogen-bond acceptors (Lipinski definition) is 4. The fourth-order valence-corrected chi connectivity index (χ4v) is 3.46. The van der Waals surface area contributed by atoms with E-state index in [2.05, 4.69) is 10.3 Å². The topological polar surface area (TPSA) is 75.4 Å². The van der Waals surface area contributed by atoms with E-state index in [0.29, 0.717) is 11.1 Å². The van der Waals surface area contributed by atoms with E-state index in [1.54, 1.807) is 19.1 Å². The number of piperazine rings is 1. The van der Waals surface area contributed by atoms with E-state index >= 15 is 0 Å². The maximum atomic E-state index is 13.5. The van der Waals surface area contributed by atoms with Gasteiger partial charge >= 0.3 is 6.18 Å². The highest BCUT2D eigenvalue weighted by Crippen LogP contribution is 2.37. The summed E-state index contributed by atoms with van der Waals surface area (Å²) in [6.45, 7) is 1.96. The van der Waals surface area contributed by atoms with Gasteiger partial charge in [-0.25, -0.2) is 4.98 Å². The highest BCUT2D eigenvalue weighted by atomic mass is 19.4. The number of halogens is 3. The molecule has 29 heavy (non-hydrogen) atoms. The Labute approximate surface area is 163 Å². The first kappa shape index (κ1) is 19.0. The van der Waals surface area contributed by atoms with E-state index in [1.165, 1.54) is 24.3 Å². The molecule has 150 valence electrons. The van der Waals surface area contributed by atoms with Crippen LogP contribution >= 0.6 is 0 Å². The minimum Gasteiger partial charge on any atom is -0.449 e. The fraction of sp³-hybridized carbons (Fsp3) is 0.250. The van der Waals surface area contributed by atoms with Crippen LogP contribution in [0.3, 0.4) is 0 Å². The Morgan fingerprint density at radius 1 is 1.24 bits per heavy atom. The summed E-state index contributed by atoms with van der Waals surface area (Å²) >= 11 is 0. The number of carbonyl (C=O) groups excluding carboxylic acids is 2. The zero-order chi connectivity index (χ0) is 20.8. The van der Waals surface area contributed by atoms with Gasteiger partial charge in [0.25, 0.3) is 5.91 Å². The van der Waals surface area contributed by atoms with Crippen molar-refractivity contribution in [3.8, 4) is 0 Å². The lowest BCUT2D eigenvalue weighted by Crippen LogP contribution is -2.52. The molecule has 1 atom stereocenters. The number of alkyl halides is 3. The Balaban J connectivity index is 1.77. The molecule has 2 amide bonds. The molecule has 1 saturated heterocycles. The van der Waals surface area contributed by atoms with Crippen molar-refractivity contribution in [1.29, 1.82) is 0 Å². The van der Waals surface area contributed by atoms with E-state index in [9.17, 15) is 22.8 Å². The summed E-state index contributed by atoms with van der Waals surface area (Å²) in [7, 11) is 0. The van der Waals surface area contributed by atoms with Gasteiger partial charge in [-0.15, -0.1) is 0 Å². The molecule has 1 fully saturated rings. The van der Waals surface area contributed by atoms with Gasteiger partial charge in [0.05, 0.1) is 5.56 Å². The highest BCUT2D eigenvalue weighted by molar-refractivity contribution is 5.99. The summed E-state index contributed by atoms with van der Waals surface area (Å²) in [6.07, 6.45) is -4.66. The molecule has 0 aliphatic carbocycles. The lowest BCUT2D eigenvalue weighted by molar-refractivity contribution is -0.139. The Morgan fingerprint density at radius 3 is 2.76 bits per heavy atom. The Kier molecular flexibility index (Phi) is 4.52. The quantitative estimate of drug-likeness (QED) is 0.711. The molecule has 1 N–H and O–H groups in total. The number of rotatable bonds is 2. The summed E-state index contributed by atoms with van der Waals surface area (Å²) in [6, 6.07) is 8.15. The average molecular weight is 403 g/mol. The number of amides is 2. The third-order valence-corrected chi connectivity index (χ3v) is 4.76. The lowest BCUT2D eigenvalue weighted by Gasteiger charge is -2.35. The van der Waals surface area contributed by atoms with Crippen LogP contribution < -0.4 is 5.32 Å². The first-order valence-electron chi connectivity index (χ1n) is 8.87. The molecule has 1 aliphatic heterocycles. The molecule has 1 aromatic carbocycles. The zero-order valence-electron chi connectivity index (χ0n) is 15.3. The summed E-state index contributed by atoms with van der Waals surface area (Å²) < 4.78 is 46.0. The van der Waals surface area contributed by atoms with Crippen molar-refractivity contribution < 1.29 is 27.2 Å². The molecule has 1 aliphatic rings. The first-order chi connectivity index (χ1) is 13.8. The Bertz CT molecular complexity index is 1110. The maximum Gasteiger partial charge on any atom is 0.416 e. The molecule has 4 rings (SSSR count). The van der Waals surface area contributed by atoms with Crippen LogP contribution in [0.2, 0.25) is 0 Å². The molecule has 9 heteroatoms. The Hall–Kier alpha value is -3.36. The lowest BCUT2D eigenvalue weighted by atomic mass is 9.96. The van der Waals surface area contributed by atoms with Crippen molar-refractivity contribution in [3.63, 3.8) is 0 Å². The van der Waals surface area contributed by atoms with Crippen LogP contribution in [0.1, 0.15) is 33.4 Å². The summed E-state index contributed by atoms with van der Waals surface area (Å²) in [5, 5.41) is 2.54. The van der Waals surface area contributed by atoms with Gasteiger partial charge in [-0.1, -0.05) is 18.2 Å². The second-order valence-electron chi connectivity index (χ2n) is 6.72. The molecular formula is C20H16F3N3O3. The van der Waals surface area contributed by atoms with Crippen molar-refractivity contribution >= 4 is 22.9 Å². The number of benzene rings is 1. The van der Waals surface area contributed by atoms with Crippen molar-refractivity contribution in [1.82, 2.24) is 15.2 Å². The second-order valence-corrected chi connectivity index (χ2v) is 6.72. The predicted octanol–water partition coefficient (Wildman–Crippen LogP) is 3.47. The number of aryl methyl sites for hydroxylation is 1. The number of fused-ring (bicyclic) bond motifs is 1. The third-order valence-electron chi connectivity index (χ3n) is 4.76. The molecular weight excluding hydrogens is 387 g/mol. The molecule has 0 saturated carbocycles. The largest absolute Gasteiger partial charge is 0.449 e. The number of nitrogens with zero attached hydrogens (tertiary/aromatic N) is 2. The first-order valence-corrected chi connectivity index (χ1v) is 8.87. The monoisotopic (exact) mass is 403 g/mol. The van der Waals surface area contributed by atoms with E-state index in [4.69, 9.17) is 4.42 Å². The zero-order valence-corrected chi connectivity index (χ0v) is 15.3. The standard InChI is InChI=1S/C20H16F3N3O3/c1-11-6-7-15-14(25-11)10-16(29-15)19(28)26-9-8-24-18(27)17(26)12-4-2-3-5-13(12)20(21,22)23/h2-7,10,17H,8-9H2,1H3,(H,24,27). The van der Waals surface area contributed by atoms with E-state index in [-0.39, 0.29) is 24.4 Å². The normalized spacial score (nSPS) is 17.4. The molecule has 6 nitrogen and oxygen atoms in total. The van der Waals surface area contributed by atoms with Gasteiger partial charge < -0.3 is 14.6 Å². The van der Waals surface area contributed by atoms with Crippen molar-refractivity contribution in [2.75, 3.05) is 13.1 Å². The summed E-state index contributed by atoms with van der Waals surface area (Å²) in [5.74, 6) is -1.42. The second kappa shape index (κ2) is 6.91. The van der Waals surface area contributed by atoms with Gasteiger partial charge in [0.2, 0.25) is 5.91 Å². The van der Waals surface area contributed by atoms with Gasteiger partial charge in [-0.2, -0.15) is 13.2 Å². The van der Waals surface area contributed by atoms with Crippen LogP contribution in [-0.4, -0.2) is 34.8 Å². The molecule has 3 heterocycles. The van der Waals surface area contributed by atoms with E-state index in [0.717, 1.165) is 16.7 Å². The van der Waals surface area contributed by atoms with Crippen molar-refractivity contribution in [2.24, 2.45) is 0 Å². The van der Waals surface area contributed by atoms with Crippen molar-refractivity contribution in [3.05, 3.63) is 65.0 Å². The minimum atomic E-state index is -4.66. The van der Waals surface area contributed by atoms with Crippen LogP contribution in [0, 0.1) is 6.92 Å². The van der Waals surface area contributed by atoms with E-state index in [1.807, 2.05) is 0 Å². The molecule has 2 aromatic heterocycles. The van der Waals surface area contributed by atoms with E-state index < -0.39 is 29.6 Å². The van der Waals surface area contributed by atoms with Crippen LogP contribution in [0.5, 0.6) is 0 Å². The highest BCUT2D eigenvalue weighted by Gasteiger charge is 2.42. The molecule has 0 bridgehead atoms. The van der Waals surface area contributed by atoms with Gasteiger partial charge in [-0.05, 0) is 30.7 Å². The number of nitrogens with one attached hydrogen (secondary N) is 1. The van der Waals surface area contributed by atoms with Crippen molar-refractivity contribution in [2.45, 2.75) is 19.1 Å². The van der Waals surface area contributed by atoms with Crippen LogP contribution in [0.15, 0.2) is 46.9 Å². The molecule has 1 unspecified atom stereocenters. The smallest absolute Gasteiger partial charge is 0.416 e. The summed E-state index contributed by atoms with van der Waals surface area (Å²) in [5.41, 5.74) is 0.332. The van der Waals surface area contributed by atoms with Gasteiger partial charge in [0, 0.05) is 24.8 Å². The van der Waals surface area contributed by atoms with Crippen LogP contribution in [-0.2, 0) is 11.0 Å². The van der Waals surface area contributed by atoms with Gasteiger partial charge in [-0.3, -0.25) is 9.59 Å². The SMILES string of the molecule is Cc1ccc2oc(C(=O)N3CCNC(=O)C3c3ccccc3C(F)(F)F)cc2n1. The number of carbonyl (C=O) groups is 2. The predicted molar refractivity (Wildman–Crippen MR) is 97.0 cm³/mol. The van der Waals surface area contributed by atoms with Crippen LogP contribution in [0.25, 0.3) is 11.1 Å². The summed E-state index contributed by atoms with van der Waals surface area (Å²) in [4.78, 5) is 31.0. The Morgan fingerprint density at radius 2 is 2.00 bits per heavy atom. The number of furan rings is 1. The molecule has 0 spiro atoms. The molecule has 0 radical (unpaired) electrons. The van der Waals surface area contributed by atoms with Gasteiger partial charge in [0.1, 0.15) is 11.6 Å². The fourth-order valence-electron chi connectivity index (χ4n) is 3.46. The number of pyridine rings is 1. The minimum absolute atomic E-state index is 0.0466. The number of aromatic nitrogens is 1. The maximum absolute atomic E-state index is 13.5.